The number of hydrogen-bond donors (Lipinski definition) is 1. The highest BCUT2D eigenvalue weighted by Gasteiger charge is 2.48. The summed E-state index contributed by atoms with van der Waals surface area (Å²) in [5, 5.41) is 4.58. The molecule has 0 aliphatic carbocycles. The Hall–Kier alpha value is -0.850. The van der Waals surface area contributed by atoms with E-state index in [0.717, 1.165) is 84.5 Å². The van der Waals surface area contributed by atoms with Crippen LogP contribution in [-0.4, -0.2) is 85.6 Å². The van der Waals surface area contributed by atoms with Crippen LogP contribution in [0.25, 0.3) is 0 Å². The molecule has 3 aliphatic heterocycles. The Kier molecular flexibility index (Phi) is 9.57. The molecule has 0 spiro atoms. The van der Waals surface area contributed by atoms with Gasteiger partial charge in [-0.1, -0.05) is 35.7 Å². The van der Waals surface area contributed by atoms with E-state index in [-0.39, 0.29) is 5.54 Å². The zero-order chi connectivity index (χ0) is 24.0. The van der Waals surface area contributed by atoms with Crippen LogP contribution in [0.3, 0.4) is 0 Å². The molecule has 0 saturated carbocycles. The largest absolute Gasteiger partial charge is 0.341 e. The predicted molar refractivity (Wildman–Crippen MR) is 142 cm³/mol. The van der Waals surface area contributed by atoms with E-state index >= 15 is 0 Å². The van der Waals surface area contributed by atoms with E-state index in [9.17, 15) is 4.79 Å². The normalized spacial score (nSPS) is 23.1. The molecule has 1 aromatic rings. The van der Waals surface area contributed by atoms with E-state index < -0.39 is 0 Å². The molecule has 1 unspecified atom stereocenters. The molecular weight excluding hydrogens is 467 g/mol. The second kappa shape index (κ2) is 12.4. The number of benzene rings is 1. The zero-order valence-corrected chi connectivity index (χ0v) is 22.3. The van der Waals surface area contributed by atoms with Gasteiger partial charge in [-0.05, 0) is 102 Å². The van der Waals surface area contributed by atoms with Crippen LogP contribution in [0.4, 0.5) is 0 Å². The minimum absolute atomic E-state index is 0.275. The maximum atomic E-state index is 13.9. The van der Waals surface area contributed by atoms with Gasteiger partial charge in [-0.15, -0.1) is 0 Å². The number of likely N-dealkylation sites (tertiary alicyclic amines) is 3. The molecule has 3 heterocycles. The summed E-state index contributed by atoms with van der Waals surface area (Å²) in [6, 6.07) is 6.02. The smallest absolute Gasteiger partial charge is 0.243 e. The third-order valence-corrected chi connectivity index (χ3v) is 9.08. The molecule has 1 N–H and O–H groups in total. The number of piperidine rings is 3. The molecule has 3 aliphatic rings. The Morgan fingerprint density at radius 1 is 0.941 bits per heavy atom. The molecule has 1 aromatic carbocycles. The van der Waals surface area contributed by atoms with E-state index in [4.69, 9.17) is 23.2 Å². The number of rotatable bonds is 8. The van der Waals surface area contributed by atoms with Gasteiger partial charge < -0.3 is 15.1 Å². The lowest BCUT2D eigenvalue weighted by Crippen LogP contribution is -2.65. The quantitative estimate of drug-likeness (QED) is 0.534. The maximum absolute atomic E-state index is 13.9. The topological polar surface area (TPSA) is 38.8 Å². The van der Waals surface area contributed by atoms with Crippen molar-refractivity contribution in [3.8, 4) is 0 Å². The van der Waals surface area contributed by atoms with Crippen molar-refractivity contribution < 1.29 is 4.79 Å². The van der Waals surface area contributed by atoms with Gasteiger partial charge >= 0.3 is 0 Å². The van der Waals surface area contributed by atoms with Crippen LogP contribution in [0.1, 0.15) is 69.3 Å². The van der Waals surface area contributed by atoms with E-state index in [0.29, 0.717) is 21.9 Å². The van der Waals surface area contributed by atoms with Crippen molar-refractivity contribution in [2.24, 2.45) is 0 Å². The summed E-state index contributed by atoms with van der Waals surface area (Å²) in [5.41, 5.74) is 0.964. The van der Waals surface area contributed by atoms with Crippen molar-refractivity contribution in [1.82, 2.24) is 20.0 Å². The Labute approximate surface area is 216 Å². The van der Waals surface area contributed by atoms with E-state index in [1.54, 1.807) is 0 Å². The highest BCUT2D eigenvalue weighted by molar-refractivity contribution is 6.42. The van der Waals surface area contributed by atoms with Crippen molar-refractivity contribution in [1.29, 1.82) is 0 Å². The molecule has 4 rings (SSSR count). The number of likely N-dealkylation sites (N-methyl/N-ethyl adjacent to an activating group) is 1. The average Bonchev–Trinajstić information content (AvgIpc) is 2.89. The van der Waals surface area contributed by atoms with Crippen LogP contribution < -0.4 is 5.32 Å². The first-order chi connectivity index (χ1) is 16.5. The lowest BCUT2D eigenvalue weighted by molar-refractivity contribution is -0.150. The Balaban J connectivity index is 1.40. The number of carbonyl (C=O) groups is 1. The van der Waals surface area contributed by atoms with Gasteiger partial charge in [0, 0.05) is 32.7 Å². The molecule has 3 saturated heterocycles. The van der Waals surface area contributed by atoms with Crippen molar-refractivity contribution in [2.45, 2.75) is 69.2 Å². The second-order valence-corrected chi connectivity index (χ2v) is 11.3. The van der Waals surface area contributed by atoms with Gasteiger partial charge in [0.2, 0.25) is 5.91 Å². The molecule has 0 bridgehead atoms. The molecule has 0 radical (unpaired) electrons. The first-order valence-electron chi connectivity index (χ1n) is 13.4. The molecular formula is C27H42Cl2N4O. The van der Waals surface area contributed by atoms with Crippen LogP contribution in [0.2, 0.25) is 10.0 Å². The SMILES string of the molecule is CNCC(CCN1CCC(C(=O)N2CCCCC2)(N2CCCCC2)CC1)c1ccc(Cl)c(Cl)c1. The Morgan fingerprint density at radius 3 is 2.21 bits per heavy atom. The van der Waals surface area contributed by atoms with Crippen LogP contribution >= 0.6 is 23.2 Å². The van der Waals surface area contributed by atoms with E-state index in [1.807, 2.05) is 19.2 Å². The number of amides is 1. The summed E-state index contributed by atoms with van der Waals surface area (Å²) in [4.78, 5) is 21.3. The van der Waals surface area contributed by atoms with Crippen molar-refractivity contribution >= 4 is 29.1 Å². The van der Waals surface area contributed by atoms with Gasteiger partial charge in [0.15, 0.2) is 0 Å². The monoisotopic (exact) mass is 508 g/mol. The highest BCUT2D eigenvalue weighted by Crippen LogP contribution is 2.35. The van der Waals surface area contributed by atoms with Gasteiger partial charge in [0.1, 0.15) is 5.54 Å². The Morgan fingerprint density at radius 2 is 1.59 bits per heavy atom. The molecule has 3 fully saturated rings. The number of hydrogen-bond acceptors (Lipinski definition) is 4. The van der Waals surface area contributed by atoms with Gasteiger partial charge in [0.05, 0.1) is 10.0 Å². The van der Waals surface area contributed by atoms with Gasteiger partial charge in [-0.2, -0.15) is 0 Å². The van der Waals surface area contributed by atoms with Crippen LogP contribution in [0.15, 0.2) is 18.2 Å². The molecule has 0 aromatic heterocycles. The lowest BCUT2D eigenvalue weighted by atomic mass is 9.82. The minimum atomic E-state index is -0.275. The fraction of sp³-hybridized carbons (Fsp3) is 0.741. The van der Waals surface area contributed by atoms with Gasteiger partial charge in [-0.3, -0.25) is 9.69 Å². The molecule has 1 atom stereocenters. The van der Waals surface area contributed by atoms with Gasteiger partial charge in [-0.25, -0.2) is 0 Å². The summed E-state index contributed by atoms with van der Waals surface area (Å²) in [5.74, 6) is 0.821. The predicted octanol–water partition coefficient (Wildman–Crippen LogP) is 5.02. The summed E-state index contributed by atoms with van der Waals surface area (Å²) < 4.78 is 0. The number of halogens is 2. The molecule has 34 heavy (non-hydrogen) atoms. The first kappa shape index (κ1) is 26.2. The maximum Gasteiger partial charge on any atom is 0.243 e. The summed E-state index contributed by atoms with van der Waals surface area (Å²) in [6.07, 6.45) is 10.3. The standard InChI is InChI=1S/C27H42Cl2N4O/c1-30-21-23(22-8-9-24(28)25(29)20-22)10-17-31-18-11-27(12-19-31,33-15-6-3-7-16-33)26(34)32-13-4-2-5-14-32/h8-9,20,23,30H,2-7,10-19,21H2,1H3. The van der Waals surface area contributed by atoms with Crippen molar-refractivity contribution in [2.75, 3.05) is 59.4 Å². The van der Waals surface area contributed by atoms with Crippen molar-refractivity contribution in [3.63, 3.8) is 0 Å². The van der Waals surface area contributed by atoms with Crippen LogP contribution in [0, 0.1) is 0 Å². The zero-order valence-electron chi connectivity index (χ0n) is 20.8. The first-order valence-corrected chi connectivity index (χ1v) is 14.2. The van der Waals surface area contributed by atoms with Gasteiger partial charge in [0.25, 0.3) is 0 Å². The summed E-state index contributed by atoms with van der Waals surface area (Å²) in [6.45, 7) is 8.04. The fourth-order valence-corrected chi connectivity index (χ4v) is 6.57. The highest BCUT2D eigenvalue weighted by atomic mass is 35.5. The van der Waals surface area contributed by atoms with Crippen molar-refractivity contribution in [3.05, 3.63) is 33.8 Å². The molecule has 7 heteroatoms. The second-order valence-electron chi connectivity index (χ2n) is 10.5. The summed E-state index contributed by atoms with van der Waals surface area (Å²) in [7, 11) is 2.00. The third kappa shape index (κ3) is 6.10. The Bertz CT molecular complexity index is 800. The fourth-order valence-electron chi connectivity index (χ4n) is 6.26. The number of nitrogens with one attached hydrogen (secondary N) is 1. The third-order valence-electron chi connectivity index (χ3n) is 8.35. The average molecular weight is 510 g/mol. The van der Waals surface area contributed by atoms with Crippen LogP contribution in [0.5, 0.6) is 0 Å². The number of carbonyl (C=O) groups excluding carboxylic acids is 1. The molecule has 190 valence electrons. The molecule has 5 nitrogen and oxygen atoms in total. The van der Waals surface area contributed by atoms with E-state index in [2.05, 4.69) is 26.1 Å². The number of nitrogens with zero attached hydrogens (tertiary/aromatic N) is 3. The van der Waals surface area contributed by atoms with E-state index in [1.165, 1.54) is 31.2 Å². The van der Waals surface area contributed by atoms with Crippen LogP contribution in [-0.2, 0) is 4.79 Å². The molecule has 1 amide bonds. The summed E-state index contributed by atoms with van der Waals surface area (Å²) >= 11 is 12.4. The lowest BCUT2D eigenvalue weighted by Gasteiger charge is -2.51. The minimum Gasteiger partial charge on any atom is -0.341 e.